The van der Waals surface area contributed by atoms with Crippen LogP contribution in [0.25, 0.3) is 12.2 Å². The summed E-state index contributed by atoms with van der Waals surface area (Å²) in [5.41, 5.74) is 1.48. The van der Waals surface area contributed by atoms with Crippen LogP contribution in [0.1, 0.15) is 17.1 Å². The lowest BCUT2D eigenvalue weighted by molar-refractivity contribution is -0.0498. The average molecular weight is 343 g/mol. The minimum Gasteiger partial charge on any atom is -0.487 e. The van der Waals surface area contributed by atoms with Crippen LogP contribution in [0.2, 0.25) is 0 Å². The lowest BCUT2D eigenvalue weighted by Crippen LogP contribution is -2.01. The summed E-state index contributed by atoms with van der Waals surface area (Å²) in [6.45, 7) is -2.52. The number of halogens is 2. The maximum absolute atomic E-state index is 12.1. The minimum atomic E-state index is -2.83. The van der Waals surface area contributed by atoms with E-state index in [-0.39, 0.29) is 5.75 Å². The van der Waals surface area contributed by atoms with E-state index in [0.29, 0.717) is 18.2 Å². The zero-order valence-electron chi connectivity index (χ0n) is 13.1. The SMILES string of the molecule is FC(F)Oc1ccc(/C=C/c2nc(COc3ccccc3)co2)cc1. The number of hydrogen-bond acceptors (Lipinski definition) is 4. The molecule has 1 heterocycles. The number of hydrogen-bond donors (Lipinski definition) is 0. The Kier molecular flexibility index (Phi) is 5.41. The Morgan fingerprint density at radius 3 is 2.44 bits per heavy atom. The van der Waals surface area contributed by atoms with Gasteiger partial charge in [0.15, 0.2) is 0 Å². The molecule has 0 fully saturated rings. The Balaban J connectivity index is 1.56. The van der Waals surface area contributed by atoms with Crippen LogP contribution in [0.5, 0.6) is 11.5 Å². The molecule has 4 nitrogen and oxygen atoms in total. The van der Waals surface area contributed by atoms with Crippen molar-refractivity contribution in [2.75, 3.05) is 0 Å². The molecule has 0 radical (unpaired) electrons. The van der Waals surface area contributed by atoms with E-state index in [1.807, 2.05) is 30.3 Å². The fourth-order valence-electron chi connectivity index (χ4n) is 2.07. The Labute approximate surface area is 143 Å². The third kappa shape index (κ3) is 5.17. The van der Waals surface area contributed by atoms with Crippen molar-refractivity contribution < 1.29 is 22.7 Å². The summed E-state index contributed by atoms with van der Waals surface area (Å²) in [5.74, 6) is 1.30. The monoisotopic (exact) mass is 343 g/mol. The molecule has 25 heavy (non-hydrogen) atoms. The number of nitrogens with zero attached hydrogens (tertiary/aromatic N) is 1. The van der Waals surface area contributed by atoms with Crippen molar-refractivity contribution in [3.8, 4) is 11.5 Å². The highest BCUT2D eigenvalue weighted by Gasteiger charge is 2.04. The lowest BCUT2D eigenvalue weighted by atomic mass is 10.2. The zero-order chi connectivity index (χ0) is 17.5. The molecule has 0 aliphatic rings. The topological polar surface area (TPSA) is 44.5 Å². The van der Waals surface area contributed by atoms with Crippen molar-refractivity contribution in [2.45, 2.75) is 13.2 Å². The Hall–Kier alpha value is -3.15. The standard InChI is InChI=1S/C19H15F2NO3/c20-19(21)25-17-9-6-14(7-10-17)8-11-18-22-15(13-24-18)12-23-16-4-2-1-3-5-16/h1-11,13,19H,12H2/b11-8+. The van der Waals surface area contributed by atoms with Crippen LogP contribution in [-0.4, -0.2) is 11.6 Å². The van der Waals surface area contributed by atoms with E-state index < -0.39 is 6.61 Å². The van der Waals surface area contributed by atoms with E-state index in [0.717, 1.165) is 11.3 Å². The number of ether oxygens (including phenoxy) is 2. The van der Waals surface area contributed by atoms with Crippen LogP contribution in [-0.2, 0) is 6.61 Å². The number of oxazole rings is 1. The van der Waals surface area contributed by atoms with Crippen molar-refractivity contribution in [1.29, 1.82) is 0 Å². The first-order valence-corrected chi connectivity index (χ1v) is 7.54. The van der Waals surface area contributed by atoms with Crippen molar-refractivity contribution in [3.63, 3.8) is 0 Å². The summed E-state index contributed by atoms with van der Waals surface area (Å²) < 4.78 is 39.4. The molecule has 0 unspecified atom stereocenters. The molecule has 0 atom stereocenters. The number of para-hydroxylation sites is 1. The Morgan fingerprint density at radius 2 is 1.72 bits per heavy atom. The summed E-state index contributed by atoms with van der Waals surface area (Å²) in [6, 6.07) is 15.7. The number of benzene rings is 2. The fourth-order valence-corrected chi connectivity index (χ4v) is 2.07. The molecule has 0 saturated heterocycles. The highest BCUT2D eigenvalue weighted by molar-refractivity contribution is 5.66. The van der Waals surface area contributed by atoms with Gasteiger partial charge in [-0.25, -0.2) is 4.98 Å². The molecule has 0 aliphatic heterocycles. The predicted octanol–water partition coefficient (Wildman–Crippen LogP) is 5.03. The number of aromatic nitrogens is 1. The Bertz CT molecular complexity index is 814. The molecule has 2 aromatic carbocycles. The molecule has 0 spiro atoms. The largest absolute Gasteiger partial charge is 0.487 e. The lowest BCUT2D eigenvalue weighted by Gasteiger charge is -2.03. The highest BCUT2D eigenvalue weighted by Crippen LogP contribution is 2.17. The molecule has 0 bridgehead atoms. The molecule has 3 rings (SSSR count). The van der Waals surface area contributed by atoms with E-state index in [1.165, 1.54) is 18.4 Å². The van der Waals surface area contributed by atoms with Gasteiger partial charge in [-0.15, -0.1) is 0 Å². The van der Waals surface area contributed by atoms with E-state index in [2.05, 4.69) is 9.72 Å². The van der Waals surface area contributed by atoms with Gasteiger partial charge in [0.2, 0.25) is 5.89 Å². The molecule has 1 aromatic heterocycles. The van der Waals surface area contributed by atoms with E-state index in [4.69, 9.17) is 9.15 Å². The van der Waals surface area contributed by atoms with Gasteiger partial charge in [0.05, 0.1) is 0 Å². The normalized spacial score (nSPS) is 11.2. The number of alkyl halides is 2. The van der Waals surface area contributed by atoms with Crippen molar-refractivity contribution in [2.24, 2.45) is 0 Å². The second-order valence-corrected chi connectivity index (χ2v) is 5.06. The third-order valence-corrected chi connectivity index (χ3v) is 3.22. The van der Waals surface area contributed by atoms with Gasteiger partial charge in [-0.3, -0.25) is 0 Å². The van der Waals surface area contributed by atoms with Crippen molar-refractivity contribution in [1.82, 2.24) is 4.98 Å². The van der Waals surface area contributed by atoms with Gasteiger partial charge in [-0.1, -0.05) is 30.3 Å². The molecule has 0 saturated carbocycles. The first-order valence-electron chi connectivity index (χ1n) is 7.54. The fraction of sp³-hybridized carbons (Fsp3) is 0.105. The molecular formula is C19H15F2NO3. The number of rotatable bonds is 7. The minimum absolute atomic E-state index is 0.114. The maximum atomic E-state index is 12.1. The van der Waals surface area contributed by atoms with Crippen LogP contribution < -0.4 is 9.47 Å². The predicted molar refractivity (Wildman–Crippen MR) is 89.3 cm³/mol. The van der Waals surface area contributed by atoms with Crippen molar-refractivity contribution in [3.05, 3.63) is 78.0 Å². The second-order valence-electron chi connectivity index (χ2n) is 5.06. The first kappa shape index (κ1) is 16.7. The molecule has 0 amide bonds. The van der Waals surface area contributed by atoms with Crippen LogP contribution in [0.4, 0.5) is 8.78 Å². The summed E-state index contributed by atoms with van der Waals surface area (Å²) >= 11 is 0. The highest BCUT2D eigenvalue weighted by atomic mass is 19.3. The van der Waals surface area contributed by atoms with Gasteiger partial charge in [-0.05, 0) is 35.9 Å². The van der Waals surface area contributed by atoms with Gasteiger partial charge < -0.3 is 13.9 Å². The van der Waals surface area contributed by atoms with Gasteiger partial charge >= 0.3 is 6.61 Å². The van der Waals surface area contributed by atoms with Gasteiger partial charge in [0, 0.05) is 6.08 Å². The van der Waals surface area contributed by atoms with Crippen LogP contribution in [0, 0.1) is 0 Å². The second kappa shape index (κ2) is 8.10. The van der Waals surface area contributed by atoms with Gasteiger partial charge in [0.25, 0.3) is 0 Å². The Morgan fingerprint density at radius 1 is 0.960 bits per heavy atom. The summed E-state index contributed by atoms with van der Waals surface area (Å²) in [5, 5.41) is 0. The van der Waals surface area contributed by atoms with E-state index in [9.17, 15) is 8.78 Å². The van der Waals surface area contributed by atoms with Gasteiger partial charge in [0.1, 0.15) is 30.1 Å². The van der Waals surface area contributed by atoms with Crippen LogP contribution in [0.3, 0.4) is 0 Å². The van der Waals surface area contributed by atoms with Crippen LogP contribution >= 0.6 is 0 Å². The maximum Gasteiger partial charge on any atom is 0.387 e. The van der Waals surface area contributed by atoms with Crippen molar-refractivity contribution >= 4 is 12.2 Å². The quantitative estimate of drug-likeness (QED) is 0.604. The molecule has 3 aromatic rings. The molecule has 0 aliphatic carbocycles. The molecule has 6 heteroatoms. The average Bonchev–Trinajstić information content (AvgIpc) is 3.08. The van der Waals surface area contributed by atoms with Gasteiger partial charge in [-0.2, -0.15) is 8.78 Å². The molecule has 0 N–H and O–H groups in total. The van der Waals surface area contributed by atoms with E-state index in [1.54, 1.807) is 24.3 Å². The van der Waals surface area contributed by atoms with E-state index >= 15 is 0 Å². The smallest absolute Gasteiger partial charge is 0.387 e. The summed E-state index contributed by atoms with van der Waals surface area (Å²) in [4.78, 5) is 4.29. The van der Waals surface area contributed by atoms with Crippen LogP contribution in [0.15, 0.2) is 65.3 Å². The zero-order valence-corrected chi connectivity index (χ0v) is 13.1. The molecular weight excluding hydrogens is 328 g/mol. The summed E-state index contributed by atoms with van der Waals surface area (Å²) in [6.07, 6.45) is 4.98. The molecule has 128 valence electrons. The third-order valence-electron chi connectivity index (χ3n) is 3.22. The summed E-state index contributed by atoms with van der Waals surface area (Å²) in [7, 11) is 0. The first-order chi connectivity index (χ1) is 12.2.